The van der Waals surface area contributed by atoms with Gasteiger partial charge < -0.3 is 5.11 Å². The fourth-order valence-corrected chi connectivity index (χ4v) is 7.63. The lowest BCUT2D eigenvalue weighted by atomic mass is 9.43. The average Bonchev–Trinajstić information content (AvgIpc) is 2.89. The number of aliphatic hydroxyl groups is 1. The van der Waals surface area contributed by atoms with Crippen molar-refractivity contribution in [2.45, 2.75) is 78.0 Å². The first-order valence-electron chi connectivity index (χ1n) is 10.2. The van der Waals surface area contributed by atoms with E-state index in [0.29, 0.717) is 25.7 Å². The van der Waals surface area contributed by atoms with Crippen LogP contribution in [0.2, 0.25) is 0 Å². The summed E-state index contributed by atoms with van der Waals surface area (Å²) in [5.41, 5.74) is -1.90. The molecular formula is C22H31FO3. The van der Waals surface area contributed by atoms with E-state index in [1.807, 2.05) is 6.92 Å². The van der Waals surface area contributed by atoms with E-state index < -0.39 is 17.2 Å². The summed E-state index contributed by atoms with van der Waals surface area (Å²) in [7, 11) is 0. The van der Waals surface area contributed by atoms with Crippen LogP contribution in [-0.4, -0.2) is 28.4 Å². The van der Waals surface area contributed by atoms with Gasteiger partial charge in [0, 0.05) is 23.7 Å². The molecule has 0 saturated heterocycles. The van der Waals surface area contributed by atoms with Gasteiger partial charge in [-0.05, 0) is 62.4 Å². The molecule has 4 aliphatic rings. The molecule has 0 aromatic heterocycles. The van der Waals surface area contributed by atoms with Crippen molar-refractivity contribution in [1.82, 2.24) is 0 Å². The van der Waals surface area contributed by atoms with Crippen LogP contribution in [0.1, 0.15) is 66.2 Å². The quantitative estimate of drug-likeness (QED) is 0.766. The first-order valence-corrected chi connectivity index (χ1v) is 10.2. The summed E-state index contributed by atoms with van der Waals surface area (Å²) in [6.45, 7) is 7.76. The van der Waals surface area contributed by atoms with Crippen LogP contribution in [0.3, 0.4) is 0 Å². The Kier molecular flexibility index (Phi) is 3.88. The van der Waals surface area contributed by atoms with E-state index >= 15 is 4.39 Å². The van der Waals surface area contributed by atoms with Gasteiger partial charge in [-0.1, -0.05) is 26.3 Å². The van der Waals surface area contributed by atoms with Crippen LogP contribution < -0.4 is 0 Å². The number of Topliss-reactive ketones (excluding diaryl/α,β-unsaturated/α-hetero) is 1. The SMILES string of the molecule is CC(=O)C1CCC2C3C[C@H](C)C4=CC(=O)CCC4(C)[C@@]3(F)C(O)CC12C. The number of hydrogen-bond donors (Lipinski definition) is 1. The highest BCUT2D eigenvalue weighted by Gasteiger charge is 2.71. The molecule has 0 aromatic rings. The molecule has 26 heavy (non-hydrogen) atoms. The van der Waals surface area contributed by atoms with Crippen LogP contribution in [0.25, 0.3) is 0 Å². The van der Waals surface area contributed by atoms with E-state index in [1.54, 1.807) is 13.0 Å². The van der Waals surface area contributed by atoms with Crippen molar-refractivity contribution in [2.75, 3.05) is 0 Å². The molecule has 4 aliphatic carbocycles. The summed E-state index contributed by atoms with van der Waals surface area (Å²) in [6, 6.07) is 0. The van der Waals surface area contributed by atoms with Crippen LogP contribution in [0.5, 0.6) is 0 Å². The first kappa shape index (κ1) is 18.3. The van der Waals surface area contributed by atoms with Crippen LogP contribution >= 0.6 is 0 Å². The van der Waals surface area contributed by atoms with Gasteiger partial charge in [-0.3, -0.25) is 9.59 Å². The molecule has 6 unspecified atom stereocenters. The van der Waals surface area contributed by atoms with Gasteiger partial charge in [-0.2, -0.15) is 0 Å². The van der Waals surface area contributed by atoms with Crippen molar-refractivity contribution in [2.24, 2.45) is 34.5 Å². The molecule has 4 heteroatoms. The molecule has 0 radical (unpaired) electrons. The zero-order valence-electron chi connectivity index (χ0n) is 16.3. The lowest BCUT2D eigenvalue weighted by Gasteiger charge is -2.64. The van der Waals surface area contributed by atoms with Crippen LogP contribution in [-0.2, 0) is 9.59 Å². The maximum absolute atomic E-state index is 16.9. The molecule has 4 rings (SSSR count). The number of alkyl halides is 1. The van der Waals surface area contributed by atoms with E-state index in [9.17, 15) is 14.7 Å². The van der Waals surface area contributed by atoms with Gasteiger partial charge in [-0.25, -0.2) is 4.39 Å². The summed E-state index contributed by atoms with van der Waals surface area (Å²) in [6.07, 6.45) is 4.10. The molecule has 144 valence electrons. The van der Waals surface area contributed by atoms with E-state index in [0.717, 1.165) is 18.4 Å². The van der Waals surface area contributed by atoms with Crippen molar-refractivity contribution in [3.05, 3.63) is 11.6 Å². The van der Waals surface area contributed by atoms with Gasteiger partial charge in [-0.15, -0.1) is 0 Å². The molecule has 8 atom stereocenters. The number of hydrogen-bond acceptors (Lipinski definition) is 3. The number of rotatable bonds is 1. The number of carbonyl (C=O) groups is 2. The number of allylic oxidation sites excluding steroid dienone is 1. The molecule has 3 nitrogen and oxygen atoms in total. The first-order chi connectivity index (χ1) is 12.1. The molecule has 0 heterocycles. The Hall–Kier alpha value is -1.03. The maximum Gasteiger partial charge on any atom is 0.155 e. The number of ketones is 2. The number of aliphatic hydroxyl groups excluding tert-OH is 1. The zero-order valence-corrected chi connectivity index (χ0v) is 16.3. The predicted octanol–water partition coefficient (Wildman–Crippen LogP) is 4.03. The molecule has 0 aromatic carbocycles. The Labute approximate surface area is 155 Å². The normalized spacial score (nSPS) is 53.4. The Balaban J connectivity index is 1.83. The number of halogens is 1. The van der Waals surface area contributed by atoms with E-state index in [1.165, 1.54) is 0 Å². The van der Waals surface area contributed by atoms with Crippen LogP contribution in [0.4, 0.5) is 4.39 Å². The topological polar surface area (TPSA) is 54.4 Å². The highest BCUT2D eigenvalue weighted by molar-refractivity contribution is 5.92. The summed E-state index contributed by atoms with van der Waals surface area (Å²) >= 11 is 0. The lowest BCUT2D eigenvalue weighted by Crippen LogP contribution is -2.68. The Morgan fingerprint density at radius 2 is 1.96 bits per heavy atom. The third-order valence-electron chi connectivity index (χ3n) is 8.85. The molecule has 1 N–H and O–H groups in total. The van der Waals surface area contributed by atoms with E-state index in [2.05, 4.69) is 13.8 Å². The predicted molar refractivity (Wildman–Crippen MR) is 97.2 cm³/mol. The van der Waals surface area contributed by atoms with Gasteiger partial charge >= 0.3 is 0 Å². The Morgan fingerprint density at radius 1 is 1.27 bits per heavy atom. The summed E-state index contributed by atoms with van der Waals surface area (Å²) < 4.78 is 16.9. The van der Waals surface area contributed by atoms with Crippen LogP contribution in [0.15, 0.2) is 11.6 Å². The van der Waals surface area contributed by atoms with Crippen molar-refractivity contribution < 1.29 is 19.1 Å². The second kappa shape index (κ2) is 5.50. The summed E-state index contributed by atoms with van der Waals surface area (Å²) in [5, 5.41) is 11.1. The van der Waals surface area contributed by atoms with Crippen molar-refractivity contribution in [3.8, 4) is 0 Å². The Bertz CT molecular complexity index is 700. The van der Waals surface area contributed by atoms with Crippen molar-refractivity contribution in [3.63, 3.8) is 0 Å². The lowest BCUT2D eigenvalue weighted by molar-refractivity contribution is -0.213. The molecular weight excluding hydrogens is 331 g/mol. The standard InChI is InChI=1S/C22H31FO3/c1-12-9-18-16-6-5-15(13(2)24)20(16,3)11-19(26)22(18,23)21(4)8-7-14(25)10-17(12)21/h10,12,15-16,18-19,26H,5-9,11H2,1-4H3/t12-,15?,16?,18?,19?,20?,21?,22-/m0/s1. The molecule has 0 aliphatic heterocycles. The summed E-state index contributed by atoms with van der Waals surface area (Å²) in [5.74, 6) is 0.212. The van der Waals surface area contributed by atoms with Crippen LogP contribution in [0, 0.1) is 34.5 Å². The van der Waals surface area contributed by atoms with Gasteiger partial charge in [0.1, 0.15) is 11.5 Å². The highest BCUT2D eigenvalue weighted by atomic mass is 19.1. The van der Waals surface area contributed by atoms with Gasteiger partial charge in [0.25, 0.3) is 0 Å². The molecule has 0 spiro atoms. The van der Waals surface area contributed by atoms with Crippen molar-refractivity contribution in [1.29, 1.82) is 0 Å². The van der Waals surface area contributed by atoms with Crippen molar-refractivity contribution >= 4 is 11.6 Å². The molecule has 3 saturated carbocycles. The minimum Gasteiger partial charge on any atom is -0.390 e. The second-order valence-corrected chi connectivity index (χ2v) is 9.98. The number of carbonyl (C=O) groups excluding carboxylic acids is 2. The van der Waals surface area contributed by atoms with E-state index in [4.69, 9.17) is 0 Å². The monoisotopic (exact) mass is 362 g/mol. The molecule has 3 fully saturated rings. The second-order valence-electron chi connectivity index (χ2n) is 9.98. The summed E-state index contributed by atoms with van der Waals surface area (Å²) in [4.78, 5) is 24.2. The molecule has 0 bridgehead atoms. The van der Waals surface area contributed by atoms with E-state index in [-0.39, 0.29) is 40.7 Å². The number of fused-ring (bicyclic) bond motifs is 5. The van der Waals surface area contributed by atoms with Gasteiger partial charge in [0.2, 0.25) is 0 Å². The average molecular weight is 362 g/mol. The smallest absolute Gasteiger partial charge is 0.155 e. The van der Waals surface area contributed by atoms with Gasteiger partial charge in [0.05, 0.1) is 6.10 Å². The third-order valence-corrected chi connectivity index (χ3v) is 8.85. The fraction of sp³-hybridized carbons (Fsp3) is 0.818. The minimum atomic E-state index is -1.71. The van der Waals surface area contributed by atoms with Gasteiger partial charge in [0.15, 0.2) is 5.78 Å². The Morgan fingerprint density at radius 3 is 2.62 bits per heavy atom. The third kappa shape index (κ3) is 2.03. The zero-order chi connectivity index (χ0) is 19.1. The largest absolute Gasteiger partial charge is 0.390 e. The fourth-order valence-electron chi connectivity index (χ4n) is 7.63. The minimum absolute atomic E-state index is 0.0697. The maximum atomic E-state index is 16.9. The highest BCUT2D eigenvalue weighted by Crippen LogP contribution is 2.70. The molecule has 0 amide bonds.